The third kappa shape index (κ3) is 5.43. The molecule has 3 rings (SSSR count). The molecular weight excluding hydrogens is 381 g/mol. The second-order valence-corrected chi connectivity index (χ2v) is 6.84. The van der Waals surface area contributed by atoms with Gasteiger partial charge >= 0.3 is 6.18 Å². The summed E-state index contributed by atoms with van der Waals surface area (Å²) in [5.41, 5.74) is 0.402. The van der Waals surface area contributed by atoms with Crippen LogP contribution in [0.5, 0.6) is 5.75 Å². The Labute approximate surface area is 158 Å². The molecule has 0 bridgehead atoms. The van der Waals surface area contributed by atoms with Crippen molar-refractivity contribution in [3.8, 4) is 5.75 Å². The van der Waals surface area contributed by atoms with Crippen LogP contribution in [-0.4, -0.2) is 18.7 Å². The molecule has 1 fully saturated rings. The molecule has 2 aromatic carbocycles. The summed E-state index contributed by atoms with van der Waals surface area (Å²) in [6.45, 7) is -1.39. The summed E-state index contributed by atoms with van der Waals surface area (Å²) in [6.07, 6.45) is -2.93. The van der Waals surface area contributed by atoms with Gasteiger partial charge in [0.25, 0.3) is 0 Å². The number of aryl methyl sites for hydroxylation is 1. The van der Waals surface area contributed by atoms with Crippen LogP contribution in [0.25, 0.3) is 0 Å². The largest absolute Gasteiger partial charge is 0.484 e. The molecule has 1 aliphatic rings. The van der Waals surface area contributed by atoms with E-state index in [0.29, 0.717) is 24.0 Å². The summed E-state index contributed by atoms with van der Waals surface area (Å²) in [7, 11) is 0. The minimum atomic E-state index is -4.43. The van der Waals surface area contributed by atoms with Crippen LogP contribution >= 0.6 is 0 Å². The molecule has 0 spiro atoms. The van der Waals surface area contributed by atoms with Gasteiger partial charge in [-0.25, -0.2) is 8.78 Å². The Morgan fingerprint density at radius 1 is 1.07 bits per heavy atom. The van der Waals surface area contributed by atoms with Gasteiger partial charge in [0.1, 0.15) is 17.4 Å². The molecule has 2 aromatic rings. The molecule has 0 aromatic heterocycles. The minimum absolute atomic E-state index is 0.0366. The van der Waals surface area contributed by atoms with Crippen LogP contribution in [-0.2, 0) is 16.8 Å². The van der Waals surface area contributed by atoms with Gasteiger partial charge in [0, 0.05) is 12.5 Å². The highest BCUT2D eigenvalue weighted by Gasteiger charge is 2.45. The second-order valence-electron chi connectivity index (χ2n) is 6.84. The third-order valence-electron chi connectivity index (χ3n) is 4.48. The van der Waals surface area contributed by atoms with Crippen molar-refractivity contribution in [3.63, 3.8) is 0 Å². The Morgan fingerprint density at radius 2 is 1.75 bits per heavy atom. The Morgan fingerprint density at radius 3 is 2.36 bits per heavy atom. The summed E-state index contributed by atoms with van der Waals surface area (Å²) >= 11 is 0. The molecular formula is C20H18F5NO2. The van der Waals surface area contributed by atoms with Crippen LogP contribution in [0.15, 0.2) is 42.5 Å². The standard InChI is InChI=1S/C20H18F5NO2/c21-15-8-13(9-16(22)11-15)4-5-18(27)26-19(6-7-19)14-2-1-3-17(10-14)28-12-20(23,24)25/h1-3,8-11H,4-7,12H2,(H,26,27). The molecule has 1 N–H and O–H groups in total. The number of hydrogen-bond donors (Lipinski definition) is 1. The molecule has 1 saturated carbocycles. The summed E-state index contributed by atoms with van der Waals surface area (Å²) < 4.78 is 68.1. The first kappa shape index (κ1) is 20.1. The quantitative estimate of drug-likeness (QED) is 0.689. The van der Waals surface area contributed by atoms with Crippen LogP contribution in [0.3, 0.4) is 0 Å². The van der Waals surface area contributed by atoms with Crippen molar-refractivity contribution < 1.29 is 31.5 Å². The summed E-state index contributed by atoms with van der Waals surface area (Å²) in [5.74, 6) is -1.64. The average Bonchev–Trinajstić information content (AvgIpc) is 3.38. The van der Waals surface area contributed by atoms with Gasteiger partial charge in [-0.15, -0.1) is 0 Å². The SMILES string of the molecule is O=C(CCc1cc(F)cc(F)c1)NC1(c2cccc(OCC(F)(F)F)c2)CC1. The lowest BCUT2D eigenvalue weighted by molar-refractivity contribution is -0.153. The molecule has 0 heterocycles. The minimum Gasteiger partial charge on any atom is -0.484 e. The van der Waals surface area contributed by atoms with E-state index in [1.807, 2.05) is 0 Å². The van der Waals surface area contributed by atoms with Gasteiger partial charge in [0.2, 0.25) is 5.91 Å². The van der Waals surface area contributed by atoms with E-state index in [9.17, 15) is 26.7 Å². The van der Waals surface area contributed by atoms with Crippen LogP contribution in [0.1, 0.15) is 30.4 Å². The lowest BCUT2D eigenvalue weighted by Gasteiger charge is -2.19. The average molecular weight is 399 g/mol. The van der Waals surface area contributed by atoms with Gasteiger partial charge in [-0.1, -0.05) is 12.1 Å². The maximum Gasteiger partial charge on any atom is 0.422 e. The van der Waals surface area contributed by atoms with Crippen molar-refractivity contribution >= 4 is 5.91 Å². The fourth-order valence-electron chi connectivity index (χ4n) is 3.00. The molecule has 0 radical (unpaired) electrons. The summed E-state index contributed by atoms with van der Waals surface area (Å²) in [5, 5.41) is 2.88. The van der Waals surface area contributed by atoms with E-state index < -0.39 is 30.0 Å². The number of benzene rings is 2. The molecule has 8 heteroatoms. The Balaban J connectivity index is 1.60. The van der Waals surface area contributed by atoms with E-state index in [1.54, 1.807) is 12.1 Å². The van der Waals surface area contributed by atoms with E-state index in [4.69, 9.17) is 4.74 Å². The van der Waals surface area contributed by atoms with Crippen LogP contribution in [0.2, 0.25) is 0 Å². The highest BCUT2D eigenvalue weighted by atomic mass is 19.4. The van der Waals surface area contributed by atoms with Crippen molar-refractivity contribution in [2.24, 2.45) is 0 Å². The Kier molecular flexibility index (Phi) is 5.58. The van der Waals surface area contributed by atoms with E-state index >= 15 is 0 Å². The zero-order valence-electron chi connectivity index (χ0n) is 14.8. The molecule has 0 saturated heterocycles. The molecule has 0 aliphatic heterocycles. The fraction of sp³-hybridized carbons (Fsp3) is 0.350. The first-order valence-corrected chi connectivity index (χ1v) is 8.71. The number of hydrogen-bond acceptors (Lipinski definition) is 2. The van der Waals surface area contributed by atoms with Crippen LogP contribution in [0.4, 0.5) is 22.0 Å². The Bertz CT molecular complexity index is 842. The molecule has 1 aliphatic carbocycles. The van der Waals surface area contributed by atoms with Gasteiger partial charge in [-0.2, -0.15) is 13.2 Å². The number of ether oxygens (including phenoxy) is 1. The molecule has 28 heavy (non-hydrogen) atoms. The maximum atomic E-state index is 13.2. The number of carbonyl (C=O) groups excluding carboxylic acids is 1. The van der Waals surface area contributed by atoms with Crippen molar-refractivity contribution in [2.75, 3.05) is 6.61 Å². The smallest absolute Gasteiger partial charge is 0.422 e. The fourth-order valence-corrected chi connectivity index (χ4v) is 3.00. The van der Waals surface area contributed by atoms with E-state index in [1.165, 1.54) is 24.3 Å². The van der Waals surface area contributed by atoms with E-state index in [0.717, 1.165) is 6.07 Å². The van der Waals surface area contributed by atoms with E-state index in [-0.39, 0.29) is 24.5 Å². The number of nitrogens with one attached hydrogen (secondary N) is 1. The highest BCUT2D eigenvalue weighted by molar-refractivity contribution is 5.78. The van der Waals surface area contributed by atoms with Gasteiger partial charge in [-0.05, 0) is 54.7 Å². The highest BCUT2D eigenvalue weighted by Crippen LogP contribution is 2.46. The van der Waals surface area contributed by atoms with Crippen molar-refractivity contribution in [2.45, 2.75) is 37.4 Å². The van der Waals surface area contributed by atoms with Crippen molar-refractivity contribution in [3.05, 3.63) is 65.2 Å². The Hall–Kier alpha value is -2.64. The van der Waals surface area contributed by atoms with Crippen molar-refractivity contribution in [1.82, 2.24) is 5.32 Å². The molecule has 0 atom stereocenters. The lowest BCUT2D eigenvalue weighted by atomic mass is 10.0. The molecule has 0 unspecified atom stereocenters. The molecule has 150 valence electrons. The number of amides is 1. The molecule has 3 nitrogen and oxygen atoms in total. The monoisotopic (exact) mass is 399 g/mol. The van der Waals surface area contributed by atoms with Gasteiger partial charge in [0.15, 0.2) is 6.61 Å². The first-order valence-electron chi connectivity index (χ1n) is 8.71. The van der Waals surface area contributed by atoms with Crippen LogP contribution in [0, 0.1) is 11.6 Å². The first-order chi connectivity index (χ1) is 13.2. The normalized spacial score (nSPS) is 15.2. The zero-order chi connectivity index (χ0) is 20.4. The second kappa shape index (κ2) is 7.77. The number of alkyl halides is 3. The molecule has 1 amide bonds. The third-order valence-corrected chi connectivity index (χ3v) is 4.48. The number of carbonyl (C=O) groups is 1. The van der Waals surface area contributed by atoms with Crippen molar-refractivity contribution in [1.29, 1.82) is 0 Å². The maximum absolute atomic E-state index is 13.2. The van der Waals surface area contributed by atoms with Gasteiger partial charge in [0.05, 0.1) is 5.54 Å². The van der Waals surface area contributed by atoms with E-state index in [2.05, 4.69) is 5.32 Å². The zero-order valence-corrected chi connectivity index (χ0v) is 14.8. The summed E-state index contributed by atoms with van der Waals surface area (Å²) in [6, 6.07) is 9.30. The van der Waals surface area contributed by atoms with Crippen LogP contribution < -0.4 is 10.1 Å². The number of rotatable bonds is 7. The predicted octanol–water partition coefficient (Wildman–Crippen LogP) is 4.64. The predicted molar refractivity (Wildman–Crippen MR) is 91.7 cm³/mol. The summed E-state index contributed by atoms with van der Waals surface area (Å²) in [4.78, 5) is 12.3. The van der Waals surface area contributed by atoms with Gasteiger partial charge in [-0.3, -0.25) is 4.79 Å². The topological polar surface area (TPSA) is 38.3 Å². The lowest BCUT2D eigenvalue weighted by Crippen LogP contribution is -2.35. The number of halogens is 5. The van der Waals surface area contributed by atoms with Gasteiger partial charge < -0.3 is 10.1 Å².